The second-order valence-corrected chi connectivity index (χ2v) is 4.19. The number of anilines is 1. The number of aliphatic hydroxyl groups excluding tert-OH is 1. The largest absolute Gasteiger partial charge is 0.496 e. The van der Waals surface area contributed by atoms with Crippen LogP contribution < -0.4 is 14.4 Å². The van der Waals surface area contributed by atoms with E-state index in [1.54, 1.807) is 14.2 Å². The molecule has 0 atom stereocenters. The van der Waals surface area contributed by atoms with E-state index in [4.69, 9.17) is 9.47 Å². The third kappa shape index (κ3) is 2.31. The molecule has 94 valence electrons. The van der Waals surface area contributed by atoms with Gasteiger partial charge in [-0.3, -0.25) is 0 Å². The van der Waals surface area contributed by atoms with Crippen LogP contribution in [0.5, 0.6) is 11.5 Å². The highest BCUT2D eigenvalue weighted by atomic mass is 16.5. The number of nitrogens with zero attached hydrogens (tertiary/aromatic N) is 1. The first kappa shape index (κ1) is 12.0. The molecule has 1 heterocycles. The van der Waals surface area contributed by atoms with Crippen LogP contribution in [0.1, 0.15) is 18.4 Å². The van der Waals surface area contributed by atoms with E-state index in [1.807, 2.05) is 12.1 Å². The van der Waals surface area contributed by atoms with Gasteiger partial charge in [0.2, 0.25) is 0 Å². The van der Waals surface area contributed by atoms with Crippen LogP contribution in [0, 0.1) is 0 Å². The molecule has 1 aromatic rings. The summed E-state index contributed by atoms with van der Waals surface area (Å²) in [6.07, 6.45) is 2.43. The van der Waals surface area contributed by atoms with Gasteiger partial charge in [0.05, 0.1) is 26.5 Å². The number of rotatable bonds is 4. The summed E-state index contributed by atoms with van der Waals surface area (Å²) in [5.41, 5.74) is 1.81. The first-order valence-electron chi connectivity index (χ1n) is 5.91. The van der Waals surface area contributed by atoms with Gasteiger partial charge in [-0.25, -0.2) is 0 Å². The average Bonchev–Trinajstić information content (AvgIpc) is 2.90. The number of methoxy groups -OCH3 is 2. The molecule has 0 aliphatic carbocycles. The molecule has 0 spiro atoms. The standard InChI is InChI=1S/C13H19NO3/c1-16-12-8-11(14-5-3-4-6-14)13(17-2)7-10(12)9-15/h7-8,15H,3-6,9H2,1-2H3. The monoisotopic (exact) mass is 237 g/mol. The third-order valence-corrected chi connectivity index (χ3v) is 3.20. The number of ether oxygens (including phenoxy) is 2. The molecule has 0 amide bonds. The molecule has 1 saturated heterocycles. The normalized spacial score (nSPS) is 15.1. The highest BCUT2D eigenvalue weighted by molar-refractivity contribution is 5.64. The first-order valence-corrected chi connectivity index (χ1v) is 5.91. The number of hydrogen-bond donors (Lipinski definition) is 1. The second kappa shape index (κ2) is 5.27. The van der Waals surface area contributed by atoms with Crippen molar-refractivity contribution in [3.05, 3.63) is 17.7 Å². The molecule has 0 bridgehead atoms. The van der Waals surface area contributed by atoms with E-state index in [-0.39, 0.29) is 6.61 Å². The van der Waals surface area contributed by atoms with E-state index < -0.39 is 0 Å². The summed E-state index contributed by atoms with van der Waals surface area (Å²) >= 11 is 0. The molecular weight excluding hydrogens is 218 g/mol. The van der Waals surface area contributed by atoms with Gasteiger partial charge in [-0.15, -0.1) is 0 Å². The van der Waals surface area contributed by atoms with E-state index in [0.717, 1.165) is 35.8 Å². The molecule has 17 heavy (non-hydrogen) atoms. The molecule has 1 N–H and O–H groups in total. The van der Waals surface area contributed by atoms with Crippen LogP contribution in [-0.4, -0.2) is 32.4 Å². The van der Waals surface area contributed by atoms with Gasteiger partial charge in [-0.2, -0.15) is 0 Å². The Labute approximate surface area is 102 Å². The number of aliphatic hydroxyl groups is 1. The van der Waals surface area contributed by atoms with Gasteiger partial charge in [0, 0.05) is 24.7 Å². The zero-order chi connectivity index (χ0) is 12.3. The van der Waals surface area contributed by atoms with Crippen molar-refractivity contribution >= 4 is 5.69 Å². The fourth-order valence-corrected chi connectivity index (χ4v) is 2.27. The Morgan fingerprint density at radius 1 is 1.12 bits per heavy atom. The van der Waals surface area contributed by atoms with Crippen LogP contribution >= 0.6 is 0 Å². The second-order valence-electron chi connectivity index (χ2n) is 4.19. The van der Waals surface area contributed by atoms with Crippen molar-refractivity contribution in [1.29, 1.82) is 0 Å². The highest BCUT2D eigenvalue weighted by Gasteiger charge is 2.19. The summed E-state index contributed by atoms with van der Waals surface area (Å²) in [6.45, 7) is 2.07. The van der Waals surface area contributed by atoms with E-state index in [0.29, 0.717) is 0 Å². The molecule has 0 unspecified atom stereocenters. The molecule has 0 saturated carbocycles. The lowest BCUT2D eigenvalue weighted by Gasteiger charge is -2.22. The minimum atomic E-state index is -0.0419. The molecule has 2 rings (SSSR count). The van der Waals surface area contributed by atoms with Crippen molar-refractivity contribution in [1.82, 2.24) is 0 Å². The SMILES string of the molecule is COc1cc(N2CCCC2)c(OC)cc1CO. The van der Waals surface area contributed by atoms with E-state index >= 15 is 0 Å². The summed E-state index contributed by atoms with van der Waals surface area (Å²) < 4.78 is 10.7. The first-order chi connectivity index (χ1) is 8.30. The Hall–Kier alpha value is -1.42. The van der Waals surface area contributed by atoms with Crippen molar-refractivity contribution in [3.63, 3.8) is 0 Å². The lowest BCUT2D eigenvalue weighted by Crippen LogP contribution is -2.18. The molecule has 4 heteroatoms. The predicted octanol–water partition coefficient (Wildman–Crippen LogP) is 1.80. The Bertz CT molecular complexity index is 386. The summed E-state index contributed by atoms with van der Waals surface area (Å²) in [7, 11) is 3.28. The predicted molar refractivity (Wildman–Crippen MR) is 66.9 cm³/mol. The van der Waals surface area contributed by atoms with Gasteiger partial charge in [-0.05, 0) is 18.9 Å². The highest BCUT2D eigenvalue weighted by Crippen LogP contribution is 2.36. The molecule has 0 radical (unpaired) electrons. The van der Waals surface area contributed by atoms with Crippen LogP contribution in [0.25, 0.3) is 0 Å². The molecule has 0 aromatic heterocycles. The Morgan fingerprint density at radius 2 is 1.76 bits per heavy atom. The number of benzene rings is 1. The quantitative estimate of drug-likeness (QED) is 0.867. The average molecular weight is 237 g/mol. The van der Waals surface area contributed by atoms with Gasteiger partial charge in [0.15, 0.2) is 0 Å². The topological polar surface area (TPSA) is 41.9 Å². The summed E-state index contributed by atoms with van der Waals surface area (Å²) in [6, 6.07) is 3.81. The van der Waals surface area contributed by atoms with Crippen molar-refractivity contribution in [2.75, 3.05) is 32.2 Å². The van der Waals surface area contributed by atoms with Gasteiger partial charge in [0.25, 0.3) is 0 Å². The van der Waals surface area contributed by atoms with E-state index in [1.165, 1.54) is 12.8 Å². The van der Waals surface area contributed by atoms with Crippen LogP contribution in [0.4, 0.5) is 5.69 Å². The molecule has 1 aliphatic rings. The van der Waals surface area contributed by atoms with Crippen LogP contribution in [0.15, 0.2) is 12.1 Å². The van der Waals surface area contributed by atoms with Crippen LogP contribution in [-0.2, 0) is 6.61 Å². The lowest BCUT2D eigenvalue weighted by atomic mass is 10.1. The van der Waals surface area contributed by atoms with Crippen molar-refractivity contribution in [2.24, 2.45) is 0 Å². The van der Waals surface area contributed by atoms with Crippen molar-refractivity contribution < 1.29 is 14.6 Å². The molecular formula is C13H19NO3. The van der Waals surface area contributed by atoms with Gasteiger partial charge in [-0.1, -0.05) is 0 Å². The summed E-state index contributed by atoms with van der Waals surface area (Å²) in [4.78, 5) is 2.29. The lowest BCUT2D eigenvalue weighted by molar-refractivity contribution is 0.273. The van der Waals surface area contributed by atoms with Gasteiger partial charge >= 0.3 is 0 Å². The van der Waals surface area contributed by atoms with E-state index in [2.05, 4.69) is 4.90 Å². The van der Waals surface area contributed by atoms with Gasteiger partial charge < -0.3 is 19.5 Å². The zero-order valence-electron chi connectivity index (χ0n) is 10.4. The minimum Gasteiger partial charge on any atom is -0.496 e. The zero-order valence-corrected chi connectivity index (χ0v) is 10.4. The Balaban J connectivity index is 2.41. The number of hydrogen-bond acceptors (Lipinski definition) is 4. The third-order valence-electron chi connectivity index (χ3n) is 3.20. The smallest absolute Gasteiger partial charge is 0.142 e. The molecule has 4 nitrogen and oxygen atoms in total. The van der Waals surface area contributed by atoms with Gasteiger partial charge in [0.1, 0.15) is 11.5 Å². The Kier molecular flexibility index (Phi) is 3.74. The van der Waals surface area contributed by atoms with Crippen molar-refractivity contribution in [3.8, 4) is 11.5 Å². The minimum absolute atomic E-state index is 0.0419. The fourth-order valence-electron chi connectivity index (χ4n) is 2.27. The van der Waals surface area contributed by atoms with Crippen molar-refractivity contribution in [2.45, 2.75) is 19.4 Å². The summed E-state index contributed by atoms with van der Waals surface area (Å²) in [5.74, 6) is 1.52. The maximum absolute atomic E-state index is 9.28. The maximum Gasteiger partial charge on any atom is 0.142 e. The fraction of sp³-hybridized carbons (Fsp3) is 0.538. The molecule has 1 aromatic carbocycles. The maximum atomic E-state index is 9.28. The molecule has 1 fully saturated rings. The molecule has 1 aliphatic heterocycles. The van der Waals surface area contributed by atoms with Crippen LogP contribution in [0.2, 0.25) is 0 Å². The van der Waals surface area contributed by atoms with Crippen LogP contribution in [0.3, 0.4) is 0 Å². The summed E-state index contributed by atoms with van der Waals surface area (Å²) in [5, 5.41) is 9.28. The Morgan fingerprint density at radius 3 is 2.29 bits per heavy atom. The van der Waals surface area contributed by atoms with E-state index in [9.17, 15) is 5.11 Å².